The molecule has 0 radical (unpaired) electrons. The van der Waals surface area contributed by atoms with Crippen LogP contribution < -0.4 is 10.6 Å². The predicted octanol–water partition coefficient (Wildman–Crippen LogP) is -0.627. The number of hydrogen-bond donors (Lipinski definition) is 4. The fourth-order valence-electron chi connectivity index (χ4n) is 0.999. The van der Waals surface area contributed by atoms with Crippen molar-refractivity contribution < 1.29 is 24.6 Å². The molecule has 1 aromatic heterocycles. The third-order valence-electron chi connectivity index (χ3n) is 1.77. The Labute approximate surface area is 104 Å². The van der Waals surface area contributed by atoms with Crippen LogP contribution in [0, 0.1) is 0 Å². The minimum Gasteiger partial charge on any atom is -0.481 e. The molecule has 1 heterocycles. The van der Waals surface area contributed by atoms with Gasteiger partial charge in [0, 0.05) is 18.0 Å². The van der Waals surface area contributed by atoms with E-state index in [1.807, 2.05) is 0 Å². The van der Waals surface area contributed by atoms with Gasteiger partial charge in [0.25, 0.3) is 0 Å². The monoisotopic (exact) mass is 275 g/mol. The zero-order chi connectivity index (χ0) is 13.5. The molecule has 0 saturated heterocycles. The van der Waals surface area contributed by atoms with Crippen molar-refractivity contribution >= 4 is 34.6 Å². The Morgan fingerprint density at radius 1 is 1.33 bits per heavy atom. The topological polar surface area (TPSA) is 154 Å². The minimum atomic E-state index is -1.32. The van der Waals surface area contributed by atoms with Gasteiger partial charge >= 0.3 is 18.0 Å². The minimum absolute atomic E-state index is 0.106. The second-order valence-electron chi connectivity index (χ2n) is 3.09. The number of nitrogens with zero attached hydrogens (tertiary/aromatic N) is 3. The highest BCUT2D eigenvalue weighted by Gasteiger charge is 2.21. The number of nitrogens with one attached hydrogen (secondary N) is 2. The van der Waals surface area contributed by atoms with Crippen molar-refractivity contribution in [3.8, 4) is 0 Å². The molecule has 10 nitrogen and oxygen atoms in total. The Morgan fingerprint density at radius 2 is 2.06 bits per heavy atom. The molecular weight excluding hydrogens is 266 g/mol. The molecule has 0 bridgehead atoms. The third kappa shape index (κ3) is 4.69. The number of carboxylic acids is 2. The van der Waals surface area contributed by atoms with Gasteiger partial charge in [0.05, 0.1) is 0 Å². The fraction of sp³-hybridized carbons (Fsp3) is 0.429. The van der Waals surface area contributed by atoms with E-state index in [9.17, 15) is 14.4 Å². The summed E-state index contributed by atoms with van der Waals surface area (Å²) in [6.07, 6.45) is -0.579. The molecule has 0 spiro atoms. The highest BCUT2D eigenvalue weighted by molar-refractivity contribution is 7.09. The molecule has 1 unspecified atom stereocenters. The van der Waals surface area contributed by atoms with E-state index in [1.54, 1.807) is 0 Å². The van der Waals surface area contributed by atoms with Crippen molar-refractivity contribution in [2.24, 2.45) is 0 Å². The van der Waals surface area contributed by atoms with E-state index in [1.165, 1.54) is 0 Å². The summed E-state index contributed by atoms with van der Waals surface area (Å²) >= 11 is 0.819. The van der Waals surface area contributed by atoms with Gasteiger partial charge in [-0.2, -0.15) is 0 Å². The largest absolute Gasteiger partial charge is 0.481 e. The lowest BCUT2D eigenvalue weighted by atomic mass is 10.1. The maximum atomic E-state index is 11.3. The van der Waals surface area contributed by atoms with E-state index in [0.717, 1.165) is 11.5 Å². The molecule has 1 atom stereocenters. The summed E-state index contributed by atoms with van der Waals surface area (Å²) in [5.41, 5.74) is 0. The first-order chi connectivity index (χ1) is 8.49. The van der Waals surface area contributed by atoms with Crippen molar-refractivity contribution in [3.05, 3.63) is 0 Å². The van der Waals surface area contributed by atoms with Crippen LogP contribution in [-0.2, 0) is 9.59 Å². The number of carbonyl (C=O) groups is 3. The van der Waals surface area contributed by atoms with Crippen LogP contribution in [0.4, 0.5) is 9.93 Å². The lowest BCUT2D eigenvalue weighted by Gasteiger charge is -2.12. The van der Waals surface area contributed by atoms with E-state index in [4.69, 9.17) is 10.2 Å². The smallest absolute Gasteiger partial charge is 0.326 e. The molecule has 18 heavy (non-hydrogen) atoms. The molecule has 0 aromatic carbocycles. The third-order valence-corrected chi connectivity index (χ3v) is 2.28. The number of rotatable bonds is 6. The number of amides is 2. The van der Waals surface area contributed by atoms with E-state index < -0.39 is 24.0 Å². The van der Waals surface area contributed by atoms with E-state index >= 15 is 0 Å². The first-order valence-corrected chi connectivity index (χ1v) is 5.43. The predicted molar refractivity (Wildman–Crippen MR) is 58.2 cm³/mol. The molecule has 4 N–H and O–H groups in total. The SMILES string of the molecule is O=C(O)CCC(NC(=O)Nc1nnns1)C(=O)O. The van der Waals surface area contributed by atoms with Crippen molar-refractivity contribution in [2.45, 2.75) is 18.9 Å². The average molecular weight is 275 g/mol. The van der Waals surface area contributed by atoms with Crippen molar-refractivity contribution in [1.29, 1.82) is 0 Å². The first kappa shape index (κ1) is 13.8. The number of aromatic nitrogens is 3. The maximum Gasteiger partial charge on any atom is 0.326 e. The van der Waals surface area contributed by atoms with Crippen LogP contribution in [0.5, 0.6) is 0 Å². The molecular formula is C7H9N5O5S. The normalized spacial score (nSPS) is 11.6. The second-order valence-corrected chi connectivity index (χ2v) is 3.82. The summed E-state index contributed by atoms with van der Waals surface area (Å²) in [4.78, 5) is 32.4. The average Bonchev–Trinajstić information content (AvgIpc) is 2.76. The number of hydrogen-bond acceptors (Lipinski definition) is 7. The Morgan fingerprint density at radius 3 is 2.56 bits per heavy atom. The van der Waals surface area contributed by atoms with Crippen molar-refractivity contribution in [2.75, 3.05) is 5.32 Å². The molecule has 2 amide bonds. The van der Waals surface area contributed by atoms with Crippen LogP contribution in [0.1, 0.15) is 12.8 Å². The van der Waals surface area contributed by atoms with Crippen LogP contribution >= 0.6 is 11.5 Å². The van der Waals surface area contributed by atoms with Gasteiger partial charge in [0.1, 0.15) is 6.04 Å². The molecule has 98 valence electrons. The van der Waals surface area contributed by atoms with Gasteiger partial charge in [0.2, 0.25) is 5.13 Å². The Kier molecular flexibility index (Phi) is 4.92. The quantitative estimate of drug-likeness (QED) is 0.535. The van der Waals surface area contributed by atoms with E-state index in [2.05, 4.69) is 25.4 Å². The number of urea groups is 1. The Bertz CT molecular complexity index is 435. The summed E-state index contributed by atoms with van der Waals surface area (Å²) in [5, 5.41) is 28.3. The number of aliphatic carboxylic acids is 2. The van der Waals surface area contributed by atoms with Gasteiger partial charge in [-0.25, -0.2) is 9.59 Å². The second kappa shape index (κ2) is 6.44. The molecule has 0 aliphatic carbocycles. The summed E-state index contributed by atoms with van der Waals surface area (Å²) in [6.45, 7) is 0. The van der Waals surface area contributed by atoms with Crippen LogP contribution in [-0.4, -0.2) is 49.0 Å². The number of anilines is 1. The summed E-state index contributed by atoms with van der Waals surface area (Å²) in [7, 11) is 0. The van der Waals surface area contributed by atoms with Gasteiger partial charge in [-0.1, -0.05) is 9.59 Å². The van der Waals surface area contributed by atoms with Crippen LogP contribution in [0.3, 0.4) is 0 Å². The molecule has 0 aliphatic heterocycles. The van der Waals surface area contributed by atoms with Crippen molar-refractivity contribution in [1.82, 2.24) is 20.1 Å². The summed E-state index contributed by atoms with van der Waals surface area (Å²) in [5.74, 6) is -2.46. The van der Waals surface area contributed by atoms with E-state index in [0.29, 0.717) is 0 Å². The van der Waals surface area contributed by atoms with Gasteiger partial charge in [-0.05, 0) is 11.6 Å². The van der Waals surface area contributed by atoms with Crippen LogP contribution in [0.15, 0.2) is 0 Å². The van der Waals surface area contributed by atoms with Gasteiger partial charge < -0.3 is 15.5 Å². The zero-order valence-electron chi connectivity index (χ0n) is 8.86. The molecule has 0 fully saturated rings. The number of carboxylic acid groups (broad SMARTS) is 2. The van der Waals surface area contributed by atoms with Gasteiger partial charge in [-0.3, -0.25) is 10.1 Å². The maximum absolute atomic E-state index is 11.3. The van der Waals surface area contributed by atoms with Crippen LogP contribution in [0.2, 0.25) is 0 Å². The molecule has 0 aliphatic rings. The standard InChI is InChI=1S/C7H9N5O5S/c13-4(14)2-1-3(5(15)16)8-6(17)9-7-10-11-12-18-7/h3H,1-2H2,(H,13,14)(H,15,16)(H2,8,9,10,12,17). The Hall–Kier alpha value is -2.30. The van der Waals surface area contributed by atoms with Gasteiger partial charge in [0.15, 0.2) is 0 Å². The zero-order valence-corrected chi connectivity index (χ0v) is 9.68. The number of carbonyl (C=O) groups excluding carboxylic acids is 1. The molecule has 1 aromatic rings. The lowest BCUT2D eigenvalue weighted by Crippen LogP contribution is -2.43. The Balaban J connectivity index is 2.47. The van der Waals surface area contributed by atoms with E-state index in [-0.39, 0.29) is 18.0 Å². The summed E-state index contributed by atoms with van der Waals surface area (Å²) in [6, 6.07) is -2.10. The fourth-order valence-corrected chi connectivity index (χ4v) is 1.36. The highest BCUT2D eigenvalue weighted by atomic mass is 32.1. The molecule has 11 heteroatoms. The molecule has 1 rings (SSSR count). The lowest BCUT2D eigenvalue weighted by molar-refractivity contribution is -0.140. The van der Waals surface area contributed by atoms with Crippen LogP contribution in [0.25, 0.3) is 0 Å². The first-order valence-electron chi connectivity index (χ1n) is 4.66. The van der Waals surface area contributed by atoms with Gasteiger partial charge in [-0.15, -0.1) is 0 Å². The highest BCUT2D eigenvalue weighted by Crippen LogP contribution is 2.05. The van der Waals surface area contributed by atoms with Crippen molar-refractivity contribution in [3.63, 3.8) is 0 Å². The summed E-state index contributed by atoms with van der Waals surface area (Å²) < 4.78 is 3.39. The molecule has 0 saturated carbocycles.